The highest BCUT2D eigenvalue weighted by molar-refractivity contribution is 6.04. The first kappa shape index (κ1) is 19.7. The zero-order valence-electron chi connectivity index (χ0n) is 15.4. The fourth-order valence-electron chi connectivity index (χ4n) is 2.69. The highest BCUT2D eigenvalue weighted by Gasteiger charge is 2.19. The number of nitrogens with zero attached hydrogens (tertiary/aromatic N) is 3. The summed E-state index contributed by atoms with van der Waals surface area (Å²) in [5.74, 6) is -0.436. The van der Waals surface area contributed by atoms with Crippen LogP contribution in [0.4, 0.5) is 14.6 Å². The van der Waals surface area contributed by atoms with Crippen molar-refractivity contribution < 1.29 is 18.3 Å². The normalized spacial score (nSPS) is 14.7. The summed E-state index contributed by atoms with van der Waals surface area (Å²) in [6, 6.07) is 6.37. The zero-order chi connectivity index (χ0) is 19.9. The number of morpholine rings is 1. The van der Waals surface area contributed by atoms with Gasteiger partial charge in [0.05, 0.1) is 26.5 Å². The molecule has 1 aliphatic heterocycles. The summed E-state index contributed by atoms with van der Waals surface area (Å²) >= 11 is 0. The summed E-state index contributed by atoms with van der Waals surface area (Å²) in [6.07, 6.45) is 2.42. The van der Waals surface area contributed by atoms with Crippen LogP contribution in [0.2, 0.25) is 0 Å². The van der Waals surface area contributed by atoms with Gasteiger partial charge in [-0.25, -0.2) is 18.7 Å². The van der Waals surface area contributed by atoms with E-state index in [4.69, 9.17) is 14.9 Å². The van der Waals surface area contributed by atoms with Crippen molar-refractivity contribution in [3.05, 3.63) is 65.4 Å². The molecule has 0 spiro atoms. The topological polar surface area (TPSA) is 83.4 Å². The second kappa shape index (κ2) is 9.23. The van der Waals surface area contributed by atoms with Crippen LogP contribution < -0.4 is 10.2 Å². The third-order valence-electron chi connectivity index (χ3n) is 4.18. The van der Waals surface area contributed by atoms with Gasteiger partial charge in [0.2, 0.25) is 0 Å². The number of anilines is 1. The van der Waals surface area contributed by atoms with Crippen molar-refractivity contribution in [2.75, 3.05) is 38.3 Å². The largest absolute Gasteiger partial charge is 0.482 e. The van der Waals surface area contributed by atoms with Gasteiger partial charge in [-0.15, -0.1) is 0 Å². The molecule has 1 aliphatic rings. The van der Waals surface area contributed by atoms with Crippen molar-refractivity contribution in [3.63, 3.8) is 0 Å². The molecule has 3 rings (SSSR count). The van der Waals surface area contributed by atoms with Gasteiger partial charge < -0.3 is 19.7 Å². The standard InChI is InChI=1S/C19H21F2N5O2/c1-27-17(23-11-13-4-2-3-5-14(13)20)10-16(22)18-24-12-15(21)19(25-18)26-6-8-28-9-7-26/h2-5,10,12,22-23H,6-9,11H2,1H3/b17-10+,22-16?. The van der Waals surface area contributed by atoms with E-state index >= 15 is 0 Å². The van der Waals surface area contributed by atoms with Crippen molar-refractivity contribution in [1.29, 1.82) is 5.41 Å². The van der Waals surface area contributed by atoms with E-state index in [0.717, 1.165) is 6.20 Å². The van der Waals surface area contributed by atoms with Gasteiger partial charge in [-0.05, 0) is 6.07 Å². The van der Waals surface area contributed by atoms with Crippen LogP contribution in [0.15, 0.2) is 42.4 Å². The van der Waals surface area contributed by atoms with Crippen LogP contribution >= 0.6 is 0 Å². The Morgan fingerprint density at radius 3 is 2.75 bits per heavy atom. The van der Waals surface area contributed by atoms with Crippen molar-refractivity contribution in [3.8, 4) is 0 Å². The molecule has 2 N–H and O–H groups in total. The summed E-state index contributed by atoms with van der Waals surface area (Å²) in [7, 11) is 1.43. The number of rotatable bonds is 7. The molecule has 7 nitrogen and oxygen atoms in total. The molecule has 0 aliphatic carbocycles. The van der Waals surface area contributed by atoms with Gasteiger partial charge in [-0.3, -0.25) is 5.41 Å². The number of nitrogens with one attached hydrogen (secondary N) is 2. The van der Waals surface area contributed by atoms with Crippen molar-refractivity contribution >= 4 is 11.5 Å². The highest BCUT2D eigenvalue weighted by Crippen LogP contribution is 2.17. The number of hydrogen-bond donors (Lipinski definition) is 2. The molecule has 0 amide bonds. The number of ether oxygens (including phenoxy) is 2. The van der Waals surface area contributed by atoms with E-state index in [0.29, 0.717) is 31.9 Å². The van der Waals surface area contributed by atoms with Gasteiger partial charge in [0.15, 0.2) is 23.3 Å². The van der Waals surface area contributed by atoms with E-state index in [1.165, 1.54) is 19.3 Å². The van der Waals surface area contributed by atoms with Gasteiger partial charge in [0, 0.05) is 31.3 Å². The second-order valence-electron chi connectivity index (χ2n) is 6.04. The molecule has 1 fully saturated rings. The molecule has 0 radical (unpaired) electrons. The maximum Gasteiger partial charge on any atom is 0.188 e. The van der Waals surface area contributed by atoms with Gasteiger partial charge in [0.1, 0.15) is 11.5 Å². The molecule has 0 unspecified atom stereocenters. The van der Waals surface area contributed by atoms with E-state index in [9.17, 15) is 8.78 Å². The lowest BCUT2D eigenvalue weighted by Crippen LogP contribution is -2.37. The quantitative estimate of drug-likeness (QED) is 0.558. The Kier molecular flexibility index (Phi) is 6.49. The SMILES string of the molecule is CO/C(=C/C(=N)c1ncc(F)c(N2CCOCC2)n1)NCc1ccccc1F. The van der Waals surface area contributed by atoms with Crippen LogP contribution in [0.5, 0.6) is 0 Å². The number of methoxy groups -OCH3 is 1. The molecule has 0 atom stereocenters. The van der Waals surface area contributed by atoms with E-state index < -0.39 is 5.82 Å². The third-order valence-corrected chi connectivity index (χ3v) is 4.18. The van der Waals surface area contributed by atoms with Crippen LogP contribution in [-0.4, -0.2) is 49.1 Å². The Labute approximate surface area is 161 Å². The molecule has 148 valence electrons. The Morgan fingerprint density at radius 1 is 1.29 bits per heavy atom. The lowest BCUT2D eigenvalue weighted by molar-refractivity contribution is 0.122. The number of benzene rings is 1. The van der Waals surface area contributed by atoms with Gasteiger partial charge >= 0.3 is 0 Å². The van der Waals surface area contributed by atoms with Gasteiger partial charge in [-0.2, -0.15) is 0 Å². The minimum Gasteiger partial charge on any atom is -0.482 e. The smallest absolute Gasteiger partial charge is 0.188 e. The van der Waals surface area contributed by atoms with E-state index in [2.05, 4.69) is 15.3 Å². The van der Waals surface area contributed by atoms with Gasteiger partial charge in [-0.1, -0.05) is 18.2 Å². The van der Waals surface area contributed by atoms with Gasteiger partial charge in [0.25, 0.3) is 0 Å². The molecule has 1 aromatic carbocycles. The molecule has 1 aromatic heterocycles. The van der Waals surface area contributed by atoms with E-state index in [1.54, 1.807) is 23.1 Å². The molecule has 9 heteroatoms. The summed E-state index contributed by atoms with van der Waals surface area (Å²) in [4.78, 5) is 9.84. The summed E-state index contributed by atoms with van der Waals surface area (Å²) in [6.45, 7) is 2.20. The lowest BCUT2D eigenvalue weighted by Gasteiger charge is -2.28. The Balaban J connectivity index is 1.73. The van der Waals surface area contributed by atoms with E-state index in [1.807, 2.05) is 0 Å². The Bertz CT molecular complexity index is 869. The first-order chi connectivity index (χ1) is 13.6. The second-order valence-corrected chi connectivity index (χ2v) is 6.04. The monoisotopic (exact) mass is 389 g/mol. The third kappa shape index (κ3) is 4.80. The molecular formula is C19H21F2N5O2. The average molecular weight is 389 g/mol. The first-order valence-corrected chi connectivity index (χ1v) is 8.75. The molecule has 2 aromatic rings. The average Bonchev–Trinajstić information content (AvgIpc) is 2.73. The maximum absolute atomic E-state index is 14.1. The van der Waals surface area contributed by atoms with Crippen molar-refractivity contribution in [1.82, 2.24) is 15.3 Å². The van der Waals surface area contributed by atoms with Crippen LogP contribution in [0.3, 0.4) is 0 Å². The summed E-state index contributed by atoms with van der Waals surface area (Å²) in [5.41, 5.74) is 0.400. The fraction of sp³-hybridized carbons (Fsp3) is 0.316. The minimum absolute atomic E-state index is 0.0603. The molecule has 1 saturated heterocycles. The summed E-state index contributed by atoms with van der Waals surface area (Å²) < 4.78 is 38.3. The number of hydrogen-bond acceptors (Lipinski definition) is 7. The molecule has 0 bridgehead atoms. The lowest BCUT2D eigenvalue weighted by atomic mass is 10.2. The molecule has 0 saturated carbocycles. The van der Waals surface area contributed by atoms with Crippen LogP contribution in [-0.2, 0) is 16.0 Å². The molecule has 28 heavy (non-hydrogen) atoms. The Morgan fingerprint density at radius 2 is 2.04 bits per heavy atom. The predicted molar refractivity (Wildman–Crippen MR) is 100 cm³/mol. The maximum atomic E-state index is 14.1. The van der Waals surface area contributed by atoms with Crippen molar-refractivity contribution in [2.45, 2.75) is 6.54 Å². The fourth-order valence-corrected chi connectivity index (χ4v) is 2.69. The summed E-state index contributed by atoms with van der Waals surface area (Å²) in [5, 5.41) is 11.1. The number of halogens is 2. The molecular weight excluding hydrogens is 368 g/mol. The van der Waals surface area contributed by atoms with Crippen LogP contribution in [0.25, 0.3) is 0 Å². The van der Waals surface area contributed by atoms with Crippen LogP contribution in [0, 0.1) is 17.0 Å². The minimum atomic E-state index is -0.549. The molecule has 2 heterocycles. The zero-order valence-corrected chi connectivity index (χ0v) is 15.4. The number of aromatic nitrogens is 2. The predicted octanol–water partition coefficient (Wildman–Crippen LogP) is 2.24. The first-order valence-electron chi connectivity index (χ1n) is 8.75. The highest BCUT2D eigenvalue weighted by atomic mass is 19.1. The Hall–Kier alpha value is -3.07. The van der Waals surface area contributed by atoms with Crippen LogP contribution in [0.1, 0.15) is 11.4 Å². The van der Waals surface area contributed by atoms with Crippen molar-refractivity contribution in [2.24, 2.45) is 0 Å². The number of allylic oxidation sites excluding steroid dienone is 1. The van der Waals surface area contributed by atoms with E-state index in [-0.39, 0.29) is 35.6 Å².